The Morgan fingerprint density at radius 1 is 1.64 bits per heavy atom. The van der Waals surface area contributed by atoms with E-state index in [4.69, 9.17) is 5.73 Å². The average Bonchev–Trinajstić information content (AvgIpc) is 2.15. The molecule has 1 aliphatic rings. The molecule has 0 aromatic heterocycles. The molecule has 0 aliphatic carbocycles. The first-order chi connectivity index (χ1) is 6.59. The normalized spacial score (nSPS) is 22.8. The van der Waals surface area contributed by atoms with Crippen molar-refractivity contribution in [1.29, 1.82) is 0 Å². The standard InChI is InChI=1S/C10H21N3O/c1-8(2)12-6-9-4-3-5-13(7-9)10(11)14/h8-9,12H,3-7H2,1-2H3,(H2,11,14). The number of carbonyl (C=O) groups excluding carboxylic acids is 1. The zero-order valence-electron chi connectivity index (χ0n) is 9.12. The SMILES string of the molecule is CC(C)NCC1CCCN(C(N)=O)C1. The monoisotopic (exact) mass is 199 g/mol. The zero-order valence-corrected chi connectivity index (χ0v) is 9.12. The summed E-state index contributed by atoms with van der Waals surface area (Å²) in [5, 5.41) is 3.40. The van der Waals surface area contributed by atoms with Gasteiger partial charge in [0.1, 0.15) is 0 Å². The van der Waals surface area contributed by atoms with Crippen molar-refractivity contribution in [2.45, 2.75) is 32.7 Å². The second-order valence-corrected chi connectivity index (χ2v) is 4.36. The van der Waals surface area contributed by atoms with Crippen molar-refractivity contribution in [3.8, 4) is 0 Å². The molecule has 1 aliphatic heterocycles. The Morgan fingerprint density at radius 2 is 2.36 bits per heavy atom. The van der Waals surface area contributed by atoms with E-state index in [0.717, 1.165) is 26.1 Å². The molecule has 3 N–H and O–H groups in total. The van der Waals surface area contributed by atoms with Crippen LogP contribution in [-0.2, 0) is 0 Å². The topological polar surface area (TPSA) is 58.4 Å². The van der Waals surface area contributed by atoms with Crippen LogP contribution in [-0.4, -0.2) is 36.6 Å². The number of carbonyl (C=O) groups is 1. The molecule has 1 unspecified atom stereocenters. The van der Waals surface area contributed by atoms with Crippen LogP contribution in [0, 0.1) is 5.92 Å². The van der Waals surface area contributed by atoms with Crippen molar-refractivity contribution in [2.75, 3.05) is 19.6 Å². The minimum Gasteiger partial charge on any atom is -0.351 e. The number of hydrogen-bond donors (Lipinski definition) is 2. The second kappa shape index (κ2) is 5.20. The lowest BCUT2D eigenvalue weighted by atomic mass is 9.98. The van der Waals surface area contributed by atoms with Gasteiger partial charge in [0, 0.05) is 19.1 Å². The third kappa shape index (κ3) is 3.54. The van der Waals surface area contributed by atoms with Crippen LogP contribution < -0.4 is 11.1 Å². The van der Waals surface area contributed by atoms with E-state index in [1.165, 1.54) is 6.42 Å². The largest absolute Gasteiger partial charge is 0.351 e. The van der Waals surface area contributed by atoms with Crippen LogP contribution in [0.15, 0.2) is 0 Å². The first-order valence-corrected chi connectivity index (χ1v) is 5.37. The molecule has 2 amide bonds. The van der Waals surface area contributed by atoms with Gasteiger partial charge in [-0.1, -0.05) is 13.8 Å². The highest BCUT2D eigenvalue weighted by Crippen LogP contribution is 2.15. The minimum absolute atomic E-state index is 0.278. The Morgan fingerprint density at radius 3 is 2.93 bits per heavy atom. The Hall–Kier alpha value is -0.770. The summed E-state index contributed by atoms with van der Waals surface area (Å²) in [6.07, 6.45) is 2.27. The quantitative estimate of drug-likeness (QED) is 0.705. The molecule has 82 valence electrons. The molecule has 1 heterocycles. The van der Waals surface area contributed by atoms with Gasteiger partial charge in [-0.05, 0) is 25.3 Å². The van der Waals surface area contributed by atoms with E-state index in [-0.39, 0.29) is 6.03 Å². The fourth-order valence-corrected chi connectivity index (χ4v) is 1.83. The van der Waals surface area contributed by atoms with Crippen LogP contribution in [0.2, 0.25) is 0 Å². The van der Waals surface area contributed by atoms with Gasteiger partial charge >= 0.3 is 6.03 Å². The van der Waals surface area contributed by atoms with Gasteiger partial charge in [0.2, 0.25) is 0 Å². The van der Waals surface area contributed by atoms with Crippen molar-refractivity contribution in [1.82, 2.24) is 10.2 Å². The summed E-state index contributed by atoms with van der Waals surface area (Å²) < 4.78 is 0. The zero-order chi connectivity index (χ0) is 10.6. The van der Waals surface area contributed by atoms with Crippen molar-refractivity contribution in [3.05, 3.63) is 0 Å². The molecule has 4 nitrogen and oxygen atoms in total. The summed E-state index contributed by atoms with van der Waals surface area (Å²) in [6, 6.07) is 0.234. The lowest BCUT2D eigenvalue weighted by Crippen LogP contribution is -2.45. The maximum absolute atomic E-state index is 11.0. The number of nitrogens with one attached hydrogen (secondary N) is 1. The summed E-state index contributed by atoms with van der Waals surface area (Å²) in [5.41, 5.74) is 5.25. The Kier molecular flexibility index (Phi) is 4.20. The van der Waals surface area contributed by atoms with Crippen LogP contribution in [0.1, 0.15) is 26.7 Å². The molecule has 0 saturated carbocycles. The van der Waals surface area contributed by atoms with Gasteiger partial charge in [-0.25, -0.2) is 4.79 Å². The minimum atomic E-state index is -0.278. The highest BCUT2D eigenvalue weighted by atomic mass is 16.2. The molecule has 4 heteroatoms. The molecule has 0 radical (unpaired) electrons. The van der Waals surface area contributed by atoms with Crippen LogP contribution in [0.4, 0.5) is 4.79 Å². The number of urea groups is 1. The number of rotatable bonds is 3. The number of likely N-dealkylation sites (tertiary alicyclic amines) is 1. The number of piperidine rings is 1. The maximum atomic E-state index is 11.0. The van der Waals surface area contributed by atoms with Gasteiger partial charge in [-0.2, -0.15) is 0 Å². The predicted octanol–water partition coefficient (Wildman–Crippen LogP) is 0.775. The molecule has 14 heavy (non-hydrogen) atoms. The highest BCUT2D eigenvalue weighted by molar-refractivity contribution is 5.72. The summed E-state index contributed by atoms with van der Waals surface area (Å²) in [7, 11) is 0. The van der Waals surface area contributed by atoms with Crippen molar-refractivity contribution in [2.24, 2.45) is 11.7 Å². The number of amides is 2. The number of hydrogen-bond acceptors (Lipinski definition) is 2. The van der Waals surface area contributed by atoms with Crippen LogP contribution in [0.5, 0.6) is 0 Å². The molecule has 1 rings (SSSR count). The number of nitrogens with zero attached hydrogens (tertiary/aromatic N) is 1. The molecule has 1 saturated heterocycles. The maximum Gasteiger partial charge on any atom is 0.314 e. The Balaban J connectivity index is 2.29. The van der Waals surface area contributed by atoms with E-state index in [1.807, 2.05) is 0 Å². The first-order valence-electron chi connectivity index (χ1n) is 5.37. The Bertz CT molecular complexity index is 194. The molecule has 0 bridgehead atoms. The van der Waals surface area contributed by atoms with Gasteiger partial charge in [-0.15, -0.1) is 0 Å². The molecule has 1 atom stereocenters. The molecular formula is C10H21N3O. The number of primary amides is 1. The van der Waals surface area contributed by atoms with E-state index in [1.54, 1.807) is 4.90 Å². The van der Waals surface area contributed by atoms with E-state index in [9.17, 15) is 4.79 Å². The second-order valence-electron chi connectivity index (χ2n) is 4.36. The lowest BCUT2D eigenvalue weighted by molar-refractivity contribution is 0.172. The third-order valence-corrected chi connectivity index (χ3v) is 2.65. The predicted molar refractivity (Wildman–Crippen MR) is 57.0 cm³/mol. The van der Waals surface area contributed by atoms with E-state index in [0.29, 0.717) is 12.0 Å². The molecule has 0 spiro atoms. The smallest absolute Gasteiger partial charge is 0.314 e. The fourth-order valence-electron chi connectivity index (χ4n) is 1.83. The average molecular weight is 199 g/mol. The van der Waals surface area contributed by atoms with Gasteiger partial charge in [0.15, 0.2) is 0 Å². The third-order valence-electron chi connectivity index (χ3n) is 2.65. The summed E-state index contributed by atoms with van der Waals surface area (Å²) >= 11 is 0. The summed E-state index contributed by atoms with van der Waals surface area (Å²) in [6.45, 7) is 6.90. The number of nitrogens with two attached hydrogens (primary N) is 1. The van der Waals surface area contributed by atoms with Crippen molar-refractivity contribution >= 4 is 6.03 Å². The fraction of sp³-hybridized carbons (Fsp3) is 0.900. The van der Waals surface area contributed by atoms with Crippen molar-refractivity contribution in [3.63, 3.8) is 0 Å². The molecular weight excluding hydrogens is 178 g/mol. The van der Waals surface area contributed by atoms with E-state index < -0.39 is 0 Å². The van der Waals surface area contributed by atoms with Gasteiger partial charge in [0.05, 0.1) is 0 Å². The summed E-state index contributed by atoms with van der Waals surface area (Å²) in [5.74, 6) is 0.568. The van der Waals surface area contributed by atoms with Crippen LogP contribution in [0.3, 0.4) is 0 Å². The summed E-state index contributed by atoms with van der Waals surface area (Å²) in [4.78, 5) is 12.7. The van der Waals surface area contributed by atoms with Gasteiger partial charge in [-0.3, -0.25) is 0 Å². The Labute approximate surface area is 85.8 Å². The van der Waals surface area contributed by atoms with Gasteiger partial charge < -0.3 is 16.0 Å². The molecule has 0 aromatic carbocycles. The van der Waals surface area contributed by atoms with Crippen LogP contribution >= 0.6 is 0 Å². The highest BCUT2D eigenvalue weighted by Gasteiger charge is 2.21. The lowest BCUT2D eigenvalue weighted by Gasteiger charge is -2.32. The van der Waals surface area contributed by atoms with Crippen molar-refractivity contribution < 1.29 is 4.79 Å². The molecule has 0 aromatic rings. The van der Waals surface area contributed by atoms with Crippen LogP contribution in [0.25, 0.3) is 0 Å². The first kappa shape index (κ1) is 11.3. The van der Waals surface area contributed by atoms with E-state index >= 15 is 0 Å². The molecule has 1 fully saturated rings. The van der Waals surface area contributed by atoms with Gasteiger partial charge in [0.25, 0.3) is 0 Å². The van der Waals surface area contributed by atoms with E-state index in [2.05, 4.69) is 19.2 Å².